The van der Waals surface area contributed by atoms with E-state index in [1.54, 1.807) is 0 Å². The molecule has 0 radical (unpaired) electrons. The molecule has 3 fully saturated rings. The fraction of sp³-hybridized carbons (Fsp3) is 0.900. The summed E-state index contributed by atoms with van der Waals surface area (Å²) >= 11 is 0. The highest BCUT2D eigenvalue weighted by Crippen LogP contribution is 2.43. The molecular weight excluding hydrogens is 166 g/mol. The summed E-state index contributed by atoms with van der Waals surface area (Å²) < 4.78 is 0. The summed E-state index contributed by atoms with van der Waals surface area (Å²) in [5.74, 6) is 0.631. The lowest BCUT2D eigenvalue weighted by Gasteiger charge is -2.51. The smallest absolute Gasteiger partial charge is 0.321 e. The third-order valence-electron chi connectivity index (χ3n) is 3.37. The zero-order chi connectivity index (χ0) is 9.42. The van der Waals surface area contributed by atoms with Crippen molar-refractivity contribution in [1.29, 1.82) is 0 Å². The lowest BCUT2D eigenvalue weighted by atomic mass is 9.66. The fourth-order valence-electron chi connectivity index (χ4n) is 2.81. The number of carbonyl (C=O) groups is 1. The summed E-state index contributed by atoms with van der Waals surface area (Å²) in [6.07, 6.45) is 3.36. The van der Waals surface area contributed by atoms with E-state index < -0.39 is 5.97 Å². The third-order valence-corrected chi connectivity index (χ3v) is 3.37. The molecule has 2 saturated heterocycles. The fourth-order valence-corrected chi connectivity index (χ4v) is 2.81. The maximum atomic E-state index is 11.0. The Bertz CT molecular complexity index is 211. The molecule has 74 valence electrons. The van der Waals surface area contributed by atoms with Gasteiger partial charge in [0.25, 0.3) is 0 Å². The highest BCUT2D eigenvalue weighted by atomic mass is 16.4. The van der Waals surface area contributed by atoms with Crippen LogP contribution in [0.4, 0.5) is 0 Å². The SMILES string of the molecule is CCCN1CC2CC(C2)C1C(=O)O. The Balaban J connectivity index is 2.03. The predicted octanol–water partition coefficient (Wildman–Crippen LogP) is 1.19. The quantitative estimate of drug-likeness (QED) is 0.714. The van der Waals surface area contributed by atoms with Crippen molar-refractivity contribution in [2.75, 3.05) is 13.1 Å². The molecular formula is C10H17NO2. The van der Waals surface area contributed by atoms with Crippen molar-refractivity contribution in [3.8, 4) is 0 Å². The second kappa shape index (κ2) is 3.29. The van der Waals surface area contributed by atoms with Gasteiger partial charge in [-0.1, -0.05) is 6.92 Å². The minimum absolute atomic E-state index is 0.176. The highest BCUT2D eigenvalue weighted by molar-refractivity contribution is 5.74. The van der Waals surface area contributed by atoms with E-state index in [0.29, 0.717) is 5.92 Å². The summed E-state index contributed by atoms with van der Waals surface area (Å²) in [4.78, 5) is 13.2. The van der Waals surface area contributed by atoms with Gasteiger partial charge in [0.05, 0.1) is 0 Å². The van der Waals surface area contributed by atoms with Crippen LogP contribution in [0, 0.1) is 11.8 Å². The Hall–Kier alpha value is -0.570. The van der Waals surface area contributed by atoms with E-state index in [1.807, 2.05) is 0 Å². The number of nitrogens with zero attached hydrogens (tertiary/aromatic N) is 1. The van der Waals surface area contributed by atoms with Crippen molar-refractivity contribution in [2.45, 2.75) is 32.2 Å². The highest BCUT2D eigenvalue weighted by Gasteiger charge is 2.47. The van der Waals surface area contributed by atoms with Gasteiger partial charge in [0, 0.05) is 6.54 Å². The number of aliphatic carboxylic acids is 1. The molecule has 0 aromatic carbocycles. The van der Waals surface area contributed by atoms with Crippen molar-refractivity contribution in [2.24, 2.45) is 11.8 Å². The molecule has 13 heavy (non-hydrogen) atoms. The zero-order valence-corrected chi connectivity index (χ0v) is 8.07. The van der Waals surface area contributed by atoms with Crippen LogP contribution in [0.2, 0.25) is 0 Å². The van der Waals surface area contributed by atoms with Gasteiger partial charge in [0.1, 0.15) is 6.04 Å². The topological polar surface area (TPSA) is 40.5 Å². The first-order valence-electron chi connectivity index (χ1n) is 5.19. The van der Waals surface area contributed by atoms with Crippen LogP contribution in [0.5, 0.6) is 0 Å². The first-order chi connectivity index (χ1) is 6.22. The number of hydrogen-bond acceptors (Lipinski definition) is 2. The first-order valence-corrected chi connectivity index (χ1v) is 5.19. The second-order valence-corrected chi connectivity index (χ2v) is 4.38. The van der Waals surface area contributed by atoms with Crippen LogP contribution in [0.15, 0.2) is 0 Å². The van der Waals surface area contributed by atoms with Gasteiger partial charge in [-0.15, -0.1) is 0 Å². The van der Waals surface area contributed by atoms with Crippen molar-refractivity contribution in [3.63, 3.8) is 0 Å². The summed E-state index contributed by atoms with van der Waals surface area (Å²) in [5, 5.41) is 9.09. The van der Waals surface area contributed by atoms with E-state index in [1.165, 1.54) is 0 Å². The van der Waals surface area contributed by atoms with Gasteiger partial charge < -0.3 is 5.11 Å². The average Bonchev–Trinajstić information content (AvgIpc) is 2.02. The van der Waals surface area contributed by atoms with Crippen molar-refractivity contribution < 1.29 is 9.90 Å². The molecule has 3 nitrogen and oxygen atoms in total. The largest absolute Gasteiger partial charge is 0.480 e. The molecule has 1 unspecified atom stereocenters. The molecule has 2 aliphatic heterocycles. The number of carboxylic acids is 1. The van der Waals surface area contributed by atoms with E-state index in [9.17, 15) is 4.79 Å². The molecule has 0 amide bonds. The standard InChI is InChI=1S/C10H17NO2/c1-2-3-11-6-7-4-8(5-7)9(11)10(12)13/h7-9H,2-6H2,1H3,(H,12,13). The molecule has 1 atom stereocenters. The van der Waals surface area contributed by atoms with Crippen LogP contribution in [0.3, 0.4) is 0 Å². The predicted molar refractivity (Wildman–Crippen MR) is 49.5 cm³/mol. The van der Waals surface area contributed by atoms with E-state index in [-0.39, 0.29) is 6.04 Å². The number of fused-ring (bicyclic) bond motifs is 2. The number of rotatable bonds is 3. The zero-order valence-electron chi connectivity index (χ0n) is 8.07. The lowest BCUT2D eigenvalue weighted by Crippen LogP contribution is -2.59. The maximum absolute atomic E-state index is 11.0. The van der Waals surface area contributed by atoms with Gasteiger partial charge in [-0.2, -0.15) is 0 Å². The van der Waals surface area contributed by atoms with E-state index in [0.717, 1.165) is 38.3 Å². The molecule has 0 aromatic heterocycles. The van der Waals surface area contributed by atoms with Crippen LogP contribution in [-0.2, 0) is 4.79 Å². The van der Waals surface area contributed by atoms with E-state index in [4.69, 9.17) is 5.11 Å². The Morgan fingerprint density at radius 2 is 2.23 bits per heavy atom. The summed E-state index contributed by atoms with van der Waals surface area (Å²) in [6, 6.07) is -0.176. The van der Waals surface area contributed by atoms with E-state index >= 15 is 0 Å². The minimum atomic E-state index is -0.614. The second-order valence-electron chi connectivity index (χ2n) is 4.38. The van der Waals surface area contributed by atoms with Crippen LogP contribution in [-0.4, -0.2) is 35.1 Å². The van der Waals surface area contributed by atoms with Crippen molar-refractivity contribution in [3.05, 3.63) is 0 Å². The Kier molecular flexibility index (Phi) is 2.28. The van der Waals surface area contributed by atoms with Crippen molar-refractivity contribution >= 4 is 5.97 Å². The summed E-state index contributed by atoms with van der Waals surface area (Å²) in [7, 11) is 0. The third kappa shape index (κ3) is 1.46. The van der Waals surface area contributed by atoms with Gasteiger partial charge >= 0.3 is 5.97 Å². The van der Waals surface area contributed by atoms with Gasteiger partial charge in [-0.05, 0) is 37.6 Å². The molecule has 0 aromatic rings. The molecule has 3 heteroatoms. The van der Waals surface area contributed by atoms with Crippen LogP contribution in [0.1, 0.15) is 26.2 Å². The maximum Gasteiger partial charge on any atom is 0.321 e. The van der Waals surface area contributed by atoms with Gasteiger partial charge in [0.2, 0.25) is 0 Å². The molecule has 0 spiro atoms. The Labute approximate surface area is 78.7 Å². The summed E-state index contributed by atoms with van der Waals surface area (Å²) in [6.45, 7) is 4.07. The molecule has 2 bridgehead atoms. The van der Waals surface area contributed by atoms with E-state index in [2.05, 4.69) is 11.8 Å². The molecule has 2 heterocycles. The van der Waals surface area contributed by atoms with Gasteiger partial charge in [-0.3, -0.25) is 9.69 Å². The molecule has 3 rings (SSSR count). The molecule has 1 N–H and O–H groups in total. The van der Waals surface area contributed by atoms with Gasteiger partial charge in [-0.25, -0.2) is 0 Å². The number of piperidine rings is 2. The Morgan fingerprint density at radius 1 is 1.54 bits per heavy atom. The lowest BCUT2D eigenvalue weighted by molar-refractivity contribution is -0.154. The summed E-state index contributed by atoms with van der Waals surface area (Å²) in [5.41, 5.74) is 0. The van der Waals surface area contributed by atoms with Crippen LogP contribution in [0.25, 0.3) is 0 Å². The first kappa shape index (κ1) is 9.00. The number of hydrogen-bond donors (Lipinski definition) is 1. The minimum Gasteiger partial charge on any atom is -0.480 e. The monoisotopic (exact) mass is 183 g/mol. The number of carboxylic acid groups (broad SMARTS) is 1. The van der Waals surface area contributed by atoms with Crippen molar-refractivity contribution in [1.82, 2.24) is 4.90 Å². The van der Waals surface area contributed by atoms with Gasteiger partial charge in [0.15, 0.2) is 0 Å². The Morgan fingerprint density at radius 3 is 2.77 bits per heavy atom. The van der Waals surface area contributed by atoms with Crippen LogP contribution >= 0.6 is 0 Å². The van der Waals surface area contributed by atoms with Crippen LogP contribution < -0.4 is 0 Å². The molecule has 1 saturated carbocycles. The average molecular weight is 183 g/mol. The molecule has 1 aliphatic carbocycles. The normalized spacial score (nSPS) is 38.4. The molecule has 3 aliphatic rings.